The molecule has 0 bridgehead atoms. The summed E-state index contributed by atoms with van der Waals surface area (Å²) < 4.78 is 0. The number of rotatable bonds is 6. The molecule has 0 aromatic heterocycles. The van der Waals surface area contributed by atoms with Crippen molar-refractivity contribution in [2.75, 3.05) is 42.9 Å². The number of piperazine rings is 1. The Morgan fingerprint density at radius 2 is 1.53 bits per heavy atom. The van der Waals surface area contributed by atoms with Gasteiger partial charge in [-0.15, -0.1) is 0 Å². The normalized spacial score (nSPS) is 13.8. The van der Waals surface area contributed by atoms with Crippen LogP contribution in [0.2, 0.25) is 0 Å². The summed E-state index contributed by atoms with van der Waals surface area (Å²) in [5.41, 5.74) is 3.62. The highest BCUT2D eigenvalue weighted by Gasteiger charge is 2.22. The van der Waals surface area contributed by atoms with Gasteiger partial charge in [-0.3, -0.25) is 14.4 Å². The lowest BCUT2D eigenvalue weighted by atomic mass is 10.1. The number of benzene rings is 2. The minimum atomic E-state index is -0.218. The number of amides is 3. The van der Waals surface area contributed by atoms with Crippen molar-refractivity contribution in [3.05, 3.63) is 59.7 Å². The third-order valence-electron chi connectivity index (χ3n) is 5.72. The van der Waals surface area contributed by atoms with E-state index in [1.807, 2.05) is 74.2 Å². The molecule has 1 fully saturated rings. The zero-order valence-electron chi connectivity index (χ0n) is 19.3. The van der Waals surface area contributed by atoms with Crippen molar-refractivity contribution in [2.24, 2.45) is 0 Å². The molecule has 32 heavy (non-hydrogen) atoms. The predicted molar refractivity (Wildman–Crippen MR) is 127 cm³/mol. The minimum Gasteiger partial charge on any atom is -0.368 e. The number of carbonyl (C=O) groups excluding carboxylic acids is 3. The standard InChI is InChI=1S/C25H32N4O3/c1-18(2)29(20(4)30)17-24(31)26-22-9-11-23(12-10-22)27-13-15-28(16-14-27)25(32)21-7-5-19(3)6-8-21/h5-12,18H,13-17H2,1-4H3,(H,26,31). The Kier molecular flexibility index (Phi) is 7.51. The van der Waals surface area contributed by atoms with Crippen LogP contribution in [0, 0.1) is 6.92 Å². The third-order valence-corrected chi connectivity index (χ3v) is 5.72. The van der Waals surface area contributed by atoms with Gasteiger partial charge in [0.05, 0.1) is 0 Å². The first-order valence-corrected chi connectivity index (χ1v) is 11.0. The Morgan fingerprint density at radius 1 is 0.938 bits per heavy atom. The van der Waals surface area contributed by atoms with E-state index < -0.39 is 0 Å². The molecule has 170 valence electrons. The van der Waals surface area contributed by atoms with Crippen molar-refractivity contribution in [2.45, 2.75) is 33.7 Å². The molecular weight excluding hydrogens is 404 g/mol. The summed E-state index contributed by atoms with van der Waals surface area (Å²) in [7, 11) is 0. The second kappa shape index (κ2) is 10.3. The molecule has 7 heteroatoms. The van der Waals surface area contributed by atoms with Gasteiger partial charge in [-0.05, 0) is 57.2 Å². The lowest BCUT2D eigenvalue weighted by molar-refractivity contribution is -0.134. The molecule has 3 amide bonds. The van der Waals surface area contributed by atoms with E-state index in [9.17, 15) is 14.4 Å². The van der Waals surface area contributed by atoms with Crippen LogP contribution >= 0.6 is 0 Å². The molecule has 2 aromatic carbocycles. The quantitative estimate of drug-likeness (QED) is 0.755. The molecule has 1 heterocycles. The summed E-state index contributed by atoms with van der Waals surface area (Å²) >= 11 is 0. The van der Waals surface area contributed by atoms with Crippen molar-refractivity contribution in [3.63, 3.8) is 0 Å². The molecule has 1 N–H and O–H groups in total. The molecule has 0 aliphatic carbocycles. The second-order valence-electron chi connectivity index (χ2n) is 8.48. The zero-order valence-corrected chi connectivity index (χ0v) is 19.3. The molecular formula is C25H32N4O3. The monoisotopic (exact) mass is 436 g/mol. The van der Waals surface area contributed by atoms with Gasteiger partial charge in [-0.2, -0.15) is 0 Å². The Labute approximate surface area is 190 Å². The Bertz CT molecular complexity index is 946. The second-order valence-corrected chi connectivity index (χ2v) is 8.48. The average Bonchev–Trinajstić information content (AvgIpc) is 2.78. The van der Waals surface area contributed by atoms with Crippen LogP contribution < -0.4 is 10.2 Å². The van der Waals surface area contributed by atoms with Gasteiger partial charge < -0.3 is 20.0 Å². The van der Waals surface area contributed by atoms with Gasteiger partial charge >= 0.3 is 0 Å². The third kappa shape index (κ3) is 5.87. The van der Waals surface area contributed by atoms with Gasteiger partial charge in [-0.25, -0.2) is 0 Å². The molecule has 1 aliphatic heterocycles. The molecule has 0 saturated carbocycles. The van der Waals surface area contributed by atoms with Crippen molar-refractivity contribution < 1.29 is 14.4 Å². The van der Waals surface area contributed by atoms with Gasteiger partial charge in [0.2, 0.25) is 11.8 Å². The molecule has 0 spiro atoms. The highest BCUT2D eigenvalue weighted by atomic mass is 16.2. The molecule has 0 radical (unpaired) electrons. The van der Waals surface area contributed by atoms with Crippen LogP contribution in [0.4, 0.5) is 11.4 Å². The maximum atomic E-state index is 12.7. The largest absolute Gasteiger partial charge is 0.368 e. The van der Waals surface area contributed by atoms with E-state index in [1.165, 1.54) is 11.8 Å². The number of hydrogen-bond acceptors (Lipinski definition) is 4. The van der Waals surface area contributed by atoms with Crippen molar-refractivity contribution in [3.8, 4) is 0 Å². The summed E-state index contributed by atoms with van der Waals surface area (Å²) in [6, 6.07) is 15.3. The first kappa shape index (κ1) is 23.3. The van der Waals surface area contributed by atoms with Crippen LogP contribution in [0.5, 0.6) is 0 Å². The number of nitrogens with zero attached hydrogens (tertiary/aromatic N) is 3. The highest BCUT2D eigenvalue weighted by Crippen LogP contribution is 2.20. The fourth-order valence-electron chi connectivity index (χ4n) is 3.81. The van der Waals surface area contributed by atoms with Crippen LogP contribution in [0.15, 0.2) is 48.5 Å². The molecule has 1 aliphatic rings. The van der Waals surface area contributed by atoms with Crippen LogP contribution in [0.1, 0.15) is 36.7 Å². The number of anilines is 2. The molecule has 0 unspecified atom stereocenters. The van der Waals surface area contributed by atoms with Gasteiger partial charge in [0, 0.05) is 56.1 Å². The number of nitrogens with one attached hydrogen (secondary N) is 1. The van der Waals surface area contributed by atoms with Crippen LogP contribution in [-0.4, -0.2) is 66.3 Å². The molecule has 7 nitrogen and oxygen atoms in total. The van der Waals surface area contributed by atoms with Gasteiger partial charge in [0.15, 0.2) is 0 Å². The van der Waals surface area contributed by atoms with E-state index in [4.69, 9.17) is 0 Å². The maximum Gasteiger partial charge on any atom is 0.253 e. The van der Waals surface area contributed by atoms with E-state index in [0.29, 0.717) is 18.8 Å². The van der Waals surface area contributed by atoms with E-state index >= 15 is 0 Å². The SMILES string of the molecule is CC(=O)N(CC(=O)Nc1ccc(N2CCN(C(=O)c3ccc(C)cc3)CC2)cc1)C(C)C. The summed E-state index contributed by atoms with van der Waals surface area (Å²) in [5, 5.41) is 2.85. The van der Waals surface area contributed by atoms with E-state index in [1.54, 1.807) is 0 Å². The van der Waals surface area contributed by atoms with E-state index in [2.05, 4.69) is 10.2 Å². The topological polar surface area (TPSA) is 73.0 Å². The molecule has 1 saturated heterocycles. The lowest BCUT2D eigenvalue weighted by Gasteiger charge is -2.36. The summed E-state index contributed by atoms with van der Waals surface area (Å²) in [6.07, 6.45) is 0. The summed E-state index contributed by atoms with van der Waals surface area (Å²) in [5.74, 6) is -0.265. The van der Waals surface area contributed by atoms with E-state index in [0.717, 1.165) is 29.9 Å². The summed E-state index contributed by atoms with van der Waals surface area (Å²) in [4.78, 5) is 42.3. The fraction of sp³-hybridized carbons (Fsp3) is 0.400. The Hall–Kier alpha value is -3.35. The van der Waals surface area contributed by atoms with Crippen LogP contribution in [0.3, 0.4) is 0 Å². The number of aryl methyl sites for hydroxylation is 1. The summed E-state index contributed by atoms with van der Waals surface area (Å²) in [6.45, 7) is 10.1. The van der Waals surface area contributed by atoms with Crippen molar-refractivity contribution in [1.29, 1.82) is 0 Å². The maximum absolute atomic E-state index is 12.7. The van der Waals surface area contributed by atoms with Gasteiger partial charge in [0.25, 0.3) is 5.91 Å². The number of hydrogen-bond donors (Lipinski definition) is 1. The molecule has 2 aromatic rings. The van der Waals surface area contributed by atoms with Crippen molar-refractivity contribution in [1.82, 2.24) is 9.80 Å². The average molecular weight is 437 g/mol. The van der Waals surface area contributed by atoms with Crippen LogP contribution in [0.25, 0.3) is 0 Å². The zero-order chi connectivity index (χ0) is 23.3. The molecule has 3 rings (SSSR count). The fourth-order valence-corrected chi connectivity index (χ4v) is 3.81. The first-order valence-electron chi connectivity index (χ1n) is 11.0. The number of carbonyl (C=O) groups is 3. The first-order chi connectivity index (χ1) is 15.2. The van der Waals surface area contributed by atoms with Gasteiger partial charge in [0.1, 0.15) is 6.54 Å². The minimum absolute atomic E-state index is 0.0304. The Balaban J connectivity index is 1.52. The Morgan fingerprint density at radius 3 is 2.06 bits per heavy atom. The van der Waals surface area contributed by atoms with E-state index in [-0.39, 0.29) is 30.3 Å². The lowest BCUT2D eigenvalue weighted by Crippen LogP contribution is -2.48. The van der Waals surface area contributed by atoms with Crippen LogP contribution in [-0.2, 0) is 9.59 Å². The predicted octanol–water partition coefficient (Wildman–Crippen LogP) is 3.15. The van der Waals surface area contributed by atoms with Gasteiger partial charge in [-0.1, -0.05) is 17.7 Å². The molecule has 0 atom stereocenters. The van der Waals surface area contributed by atoms with Crippen molar-refractivity contribution >= 4 is 29.1 Å². The highest BCUT2D eigenvalue weighted by molar-refractivity contribution is 5.95. The smallest absolute Gasteiger partial charge is 0.253 e.